The molecule has 0 amide bonds. The Hall–Kier alpha value is -2.83. The van der Waals surface area contributed by atoms with Crippen molar-refractivity contribution in [2.45, 2.75) is 0 Å². The van der Waals surface area contributed by atoms with Gasteiger partial charge in [0.2, 0.25) is 0 Å². The van der Waals surface area contributed by atoms with Gasteiger partial charge in [0, 0.05) is 6.07 Å². The highest BCUT2D eigenvalue weighted by molar-refractivity contribution is 5.95. The van der Waals surface area contributed by atoms with Gasteiger partial charge in [-0.1, -0.05) is 0 Å². The fraction of sp³-hybridized carbons (Fsp3) is 0.0714. The van der Waals surface area contributed by atoms with Gasteiger partial charge in [0.15, 0.2) is 5.82 Å². The molecule has 7 heteroatoms. The van der Waals surface area contributed by atoms with Crippen molar-refractivity contribution in [2.75, 3.05) is 6.54 Å². The van der Waals surface area contributed by atoms with Gasteiger partial charge in [0.1, 0.15) is 17.4 Å². The van der Waals surface area contributed by atoms with E-state index in [4.69, 9.17) is 15.9 Å². The number of halogens is 2. The predicted octanol–water partition coefficient (Wildman–Crippen LogP) is 0.850. The molecule has 0 bridgehead atoms. The average Bonchev–Trinajstić information content (AvgIpc) is 2.88. The Morgan fingerprint density at radius 2 is 2.05 bits per heavy atom. The molecule has 0 aliphatic carbocycles. The summed E-state index contributed by atoms with van der Waals surface area (Å²) in [5.74, 6) is -1.84. The fourth-order valence-electron chi connectivity index (χ4n) is 1.94. The van der Waals surface area contributed by atoms with E-state index in [0.29, 0.717) is 17.3 Å². The Morgan fingerprint density at radius 3 is 2.81 bits per heavy atom. The molecule has 0 saturated heterocycles. The second-order valence-corrected chi connectivity index (χ2v) is 4.38. The topological polar surface area (TPSA) is 84.4 Å². The molecule has 1 aliphatic rings. The highest BCUT2D eigenvalue weighted by atomic mass is 19.1. The SMILES string of the molecule is N=C(N)c1cc(Oc2nc3c(cc2F)=NCC=3)ccc1F. The first-order valence-corrected chi connectivity index (χ1v) is 6.07. The molecule has 0 fully saturated rings. The smallest absolute Gasteiger partial charge is 0.256 e. The van der Waals surface area contributed by atoms with Gasteiger partial charge in [-0.25, -0.2) is 13.8 Å². The predicted molar refractivity (Wildman–Crippen MR) is 71.8 cm³/mol. The maximum atomic E-state index is 13.9. The summed E-state index contributed by atoms with van der Waals surface area (Å²) in [5, 5.41) is 8.29. The van der Waals surface area contributed by atoms with Crippen LogP contribution in [0.25, 0.3) is 6.08 Å². The number of benzene rings is 1. The number of nitrogens with two attached hydrogens (primary N) is 1. The third-order valence-corrected chi connectivity index (χ3v) is 2.94. The first-order chi connectivity index (χ1) is 10.0. The monoisotopic (exact) mass is 288 g/mol. The first-order valence-electron chi connectivity index (χ1n) is 6.07. The van der Waals surface area contributed by atoms with E-state index in [1.54, 1.807) is 6.08 Å². The number of fused-ring (bicyclic) bond motifs is 1. The quantitative estimate of drug-likeness (QED) is 0.648. The van der Waals surface area contributed by atoms with E-state index in [-0.39, 0.29) is 17.2 Å². The minimum absolute atomic E-state index is 0.115. The van der Waals surface area contributed by atoms with Gasteiger partial charge in [-0.15, -0.1) is 0 Å². The van der Waals surface area contributed by atoms with Crippen molar-refractivity contribution >= 4 is 11.9 Å². The number of nitrogens with one attached hydrogen (secondary N) is 1. The van der Waals surface area contributed by atoms with Crippen LogP contribution in [-0.2, 0) is 0 Å². The van der Waals surface area contributed by atoms with Crippen LogP contribution in [0.4, 0.5) is 8.78 Å². The molecule has 0 saturated carbocycles. The number of ether oxygens (including phenoxy) is 1. The van der Waals surface area contributed by atoms with Crippen LogP contribution in [0.1, 0.15) is 5.56 Å². The Bertz CT molecular complexity index is 864. The van der Waals surface area contributed by atoms with Crippen LogP contribution >= 0.6 is 0 Å². The summed E-state index contributed by atoms with van der Waals surface area (Å²) in [7, 11) is 0. The number of pyridine rings is 1. The van der Waals surface area contributed by atoms with Gasteiger partial charge in [-0.3, -0.25) is 10.4 Å². The Morgan fingerprint density at radius 1 is 1.24 bits per heavy atom. The van der Waals surface area contributed by atoms with Gasteiger partial charge in [-0.05, 0) is 24.3 Å². The molecule has 0 unspecified atom stereocenters. The number of aromatic nitrogens is 1. The zero-order valence-corrected chi connectivity index (χ0v) is 10.7. The highest BCUT2D eigenvalue weighted by Crippen LogP contribution is 2.23. The van der Waals surface area contributed by atoms with Crippen molar-refractivity contribution in [2.24, 2.45) is 10.7 Å². The van der Waals surface area contributed by atoms with E-state index in [1.165, 1.54) is 18.2 Å². The molecule has 1 aliphatic heterocycles. The second-order valence-electron chi connectivity index (χ2n) is 4.38. The summed E-state index contributed by atoms with van der Waals surface area (Å²) in [6.07, 6.45) is 1.74. The number of hydrogen-bond acceptors (Lipinski definition) is 4. The van der Waals surface area contributed by atoms with Crippen LogP contribution in [0, 0.1) is 17.0 Å². The maximum Gasteiger partial charge on any atom is 0.256 e. The van der Waals surface area contributed by atoms with Crippen LogP contribution in [0.3, 0.4) is 0 Å². The van der Waals surface area contributed by atoms with Gasteiger partial charge in [0.05, 0.1) is 22.8 Å². The molecule has 106 valence electrons. The summed E-state index contributed by atoms with van der Waals surface area (Å²) < 4.78 is 32.6. The molecule has 0 radical (unpaired) electrons. The lowest BCUT2D eigenvalue weighted by Gasteiger charge is -2.07. The third kappa shape index (κ3) is 2.45. The van der Waals surface area contributed by atoms with E-state index < -0.39 is 17.5 Å². The molecule has 3 rings (SSSR count). The van der Waals surface area contributed by atoms with Crippen molar-refractivity contribution in [1.82, 2.24) is 4.98 Å². The zero-order valence-electron chi connectivity index (χ0n) is 10.7. The van der Waals surface area contributed by atoms with Crippen LogP contribution in [0.2, 0.25) is 0 Å². The third-order valence-electron chi connectivity index (χ3n) is 2.94. The lowest BCUT2D eigenvalue weighted by Crippen LogP contribution is -2.26. The van der Waals surface area contributed by atoms with Crippen molar-refractivity contribution in [3.63, 3.8) is 0 Å². The van der Waals surface area contributed by atoms with Crippen LogP contribution < -0.4 is 21.2 Å². The van der Waals surface area contributed by atoms with Crippen molar-refractivity contribution in [3.8, 4) is 11.6 Å². The summed E-state index contributed by atoms with van der Waals surface area (Å²) >= 11 is 0. The standard InChI is InChI=1S/C14H10F2N4O/c15-9-2-1-7(5-8(9)13(17)18)21-14-10(16)6-12-11(20-14)3-4-19-12/h1-3,5-6H,4H2,(H3,17,18). The number of nitrogen functional groups attached to an aromatic ring is 1. The minimum Gasteiger partial charge on any atom is -0.436 e. The molecule has 5 nitrogen and oxygen atoms in total. The molecule has 1 aromatic heterocycles. The Kier molecular flexibility index (Phi) is 3.09. The summed E-state index contributed by atoms with van der Waals surface area (Å²) in [5.41, 5.74) is 5.15. The largest absolute Gasteiger partial charge is 0.436 e. The lowest BCUT2D eigenvalue weighted by atomic mass is 10.2. The van der Waals surface area contributed by atoms with Gasteiger partial charge < -0.3 is 10.5 Å². The van der Waals surface area contributed by atoms with E-state index in [1.807, 2.05) is 0 Å². The van der Waals surface area contributed by atoms with E-state index >= 15 is 0 Å². The Labute approximate surface area is 117 Å². The number of rotatable bonds is 3. The minimum atomic E-state index is -0.665. The normalized spacial score (nSPS) is 12.3. The molecular weight excluding hydrogens is 278 g/mol. The zero-order chi connectivity index (χ0) is 15.0. The molecule has 2 aromatic rings. The summed E-state index contributed by atoms with van der Waals surface area (Å²) in [6, 6.07) is 4.86. The number of nitrogens with zero attached hydrogens (tertiary/aromatic N) is 2. The highest BCUT2D eigenvalue weighted by Gasteiger charge is 2.12. The van der Waals surface area contributed by atoms with Crippen molar-refractivity contribution < 1.29 is 13.5 Å². The Balaban J connectivity index is 2.00. The van der Waals surface area contributed by atoms with E-state index in [9.17, 15) is 8.78 Å². The maximum absolute atomic E-state index is 13.9. The van der Waals surface area contributed by atoms with Crippen LogP contribution in [-0.4, -0.2) is 17.4 Å². The molecule has 3 N–H and O–H groups in total. The van der Waals surface area contributed by atoms with Crippen LogP contribution in [0.5, 0.6) is 11.6 Å². The van der Waals surface area contributed by atoms with Gasteiger partial charge in [-0.2, -0.15) is 0 Å². The molecule has 1 aromatic carbocycles. The van der Waals surface area contributed by atoms with Gasteiger partial charge in [0.25, 0.3) is 5.88 Å². The van der Waals surface area contributed by atoms with Gasteiger partial charge >= 0.3 is 0 Å². The average molecular weight is 288 g/mol. The number of amidine groups is 1. The van der Waals surface area contributed by atoms with Crippen LogP contribution in [0.15, 0.2) is 29.3 Å². The van der Waals surface area contributed by atoms with E-state index in [0.717, 1.165) is 6.07 Å². The summed E-state index contributed by atoms with van der Waals surface area (Å²) in [4.78, 5) is 8.07. The molecular formula is C14H10F2N4O. The second kappa shape index (κ2) is 4.93. The molecule has 0 atom stereocenters. The summed E-state index contributed by atoms with van der Waals surface area (Å²) in [6.45, 7) is 0.455. The molecule has 0 spiro atoms. The molecule has 21 heavy (non-hydrogen) atoms. The van der Waals surface area contributed by atoms with Crippen molar-refractivity contribution in [3.05, 3.63) is 52.2 Å². The van der Waals surface area contributed by atoms with E-state index in [2.05, 4.69) is 9.98 Å². The fourth-order valence-corrected chi connectivity index (χ4v) is 1.94. The molecule has 2 heterocycles. The first kappa shape index (κ1) is 13.2. The van der Waals surface area contributed by atoms with Crippen molar-refractivity contribution in [1.29, 1.82) is 5.41 Å². The number of hydrogen-bond donors (Lipinski definition) is 2. The lowest BCUT2D eigenvalue weighted by molar-refractivity contribution is 0.419.